The smallest absolute Gasteiger partial charge is 0.340 e. The van der Waals surface area contributed by atoms with Crippen molar-refractivity contribution < 1.29 is 18.0 Å². The molecular formula is C18H20F3N5O. The quantitative estimate of drug-likeness (QED) is 0.889. The number of aromatic nitrogens is 2. The van der Waals surface area contributed by atoms with Crippen LogP contribution < -0.4 is 5.32 Å². The number of anilines is 2. The molecule has 1 saturated heterocycles. The van der Waals surface area contributed by atoms with Gasteiger partial charge < -0.3 is 15.1 Å². The Morgan fingerprint density at radius 3 is 2.30 bits per heavy atom. The normalized spacial score (nSPS) is 15.7. The SMILES string of the molecule is Cc1nc(Nc2ccc(C(F)(F)F)cc2)cc(C(=O)N2CCN(C)CC2)n1. The van der Waals surface area contributed by atoms with Crippen LogP contribution in [-0.4, -0.2) is 58.9 Å². The summed E-state index contributed by atoms with van der Waals surface area (Å²) in [5, 5.41) is 2.93. The molecule has 1 aromatic heterocycles. The molecule has 0 aliphatic carbocycles. The van der Waals surface area contributed by atoms with Gasteiger partial charge in [-0.3, -0.25) is 4.79 Å². The number of alkyl halides is 3. The van der Waals surface area contributed by atoms with E-state index in [4.69, 9.17) is 0 Å². The van der Waals surface area contributed by atoms with Gasteiger partial charge in [-0.05, 0) is 38.2 Å². The molecule has 0 radical (unpaired) electrons. The number of rotatable bonds is 3. The Bertz CT molecular complexity index is 815. The average molecular weight is 379 g/mol. The number of benzene rings is 1. The first-order chi connectivity index (χ1) is 12.7. The van der Waals surface area contributed by atoms with Crippen LogP contribution in [0.2, 0.25) is 0 Å². The summed E-state index contributed by atoms with van der Waals surface area (Å²) in [6.07, 6.45) is -4.38. The molecule has 0 bridgehead atoms. The molecule has 1 aliphatic heterocycles. The molecule has 2 heterocycles. The van der Waals surface area contributed by atoms with Crippen molar-refractivity contribution in [2.45, 2.75) is 13.1 Å². The van der Waals surface area contributed by atoms with Gasteiger partial charge >= 0.3 is 6.18 Å². The van der Waals surface area contributed by atoms with Crippen molar-refractivity contribution in [3.63, 3.8) is 0 Å². The monoisotopic (exact) mass is 379 g/mol. The Morgan fingerprint density at radius 2 is 1.70 bits per heavy atom. The number of halogens is 3. The van der Waals surface area contributed by atoms with Gasteiger partial charge in [-0.1, -0.05) is 0 Å². The van der Waals surface area contributed by atoms with Crippen LogP contribution in [0.1, 0.15) is 21.9 Å². The molecule has 0 saturated carbocycles. The number of hydrogen-bond donors (Lipinski definition) is 1. The van der Waals surface area contributed by atoms with E-state index >= 15 is 0 Å². The predicted octanol–water partition coefficient (Wildman–Crippen LogP) is 2.94. The Hall–Kier alpha value is -2.68. The third-order valence-corrected chi connectivity index (χ3v) is 4.33. The van der Waals surface area contributed by atoms with E-state index in [2.05, 4.69) is 20.2 Å². The maximum absolute atomic E-state index is 12.7. The first-order valence-electron chi connectivity index (χ1n) is 8.50. The third kappa shape index (κ3) is 4.73. The summed E-state index contributed by atoms with van der Waals surface area (Å²) in [5.74, 6) is 0.591. The van der Waals surface area contributed by atoms with Crippen molar-refractivity contribution in [2.75, 3.05) is 38.5 Å². The largest absolute Gasteiger partial charge is 0.416 e. The van der Waals surface area contributed by atoms with Gasteiger partial charge in [0.05, 0.1) is 5.56 Å². The lowest BCUT2D eigenvalue weighted by atomic mass is 10.2. The zero-order valence-corrected chi connectivity index (χ0v) is 15.0. The van der Waals surface area contributed by atoms with Crippen molar-refractivity contribution in [1.82, 2.24) is 19.8 Å². The highest BCUT2D eigenvalue weighted by atomic mass is 19.4. The number of carbonyl (C=O) groups is 1. The summed E-state index contributed by atoms with van der Waals surface area (Å²) in [6.45, 7) is 4.51. The van der Waals surface area contributed by atoms with Gasteiger partial charge in [-0.15, -0.1) is 0 Å². The minimum atomic E-state index is -4.38. The molecule has 27 heavy (non-hydrogen) atoms. The van der Waals surface area contributed by atoms with E-state index in [1.807, 2.05) is 7.05 Å². The number of likely N-dealkylation sites (N-methyl/N-ethyl adjacent to an activating group) is 1. The second kappa shape index (κ2) is 7.51. The van der Waals surface area contributed by atoms with Crippen LogP contribution in [0.3, 0.4) is 0 Å². The van der Waals surface area contributed by atoms with Crippen LogP contribution in [0.15, 0.2) is 30.3 Å². The molecule has 3 rings (SSSR count). The zero-order chi connectivity index (χ0) is 19.6. The van der Waals surface area contributed by atoms with Crippen molar-refractivity contribution >= 4 is 17.4 Å². The van der Waals surface area contributed by atoms with E-state index in [-0.39, 0.29) is 11.6 Å². The maximum Gasteiger partial charge on any atom is 0.416 e. The minimum absolute atomic E-state index is 0.177. The number of aryl methyl sites for hydroxylation is 1. The summed E-state index contributed by atoms with van der Waals surface area (Å²) < 4.78 is 38.0. The molecule has 1 aromatic carbocycles. The van der Waals surface area contributed by atoms with Crippen LogP contribution in [0.25, 0.3) is 0 Å². The standard InChI is InChI=1S/C18H20F3N5O/c1-12-22-15(17(27)26-9-7-25(2)8-10-26)11-16(23-12)24-14-5-3-13(4-6-14)18(19,20)21/h3-6,11H,7-10H2,1-2H3,(H,22,23,24). The number of carbonyl (C=O) groups excluding carboxylic acids is 1. The molecule has 6 nitrogen and oxygen atoms in total. The van der Waals surface area contributed by atoms with Gasteiger partial charge in [0.25, 0.3) is 5.91 Å². The summed E-state index contributed by atoms with van der Waals surface area (Å²) in [4.78, 5) is 25.0. The second-order valence-corrected chi connectivity index (χ2v) is 6.48. The van der Waals surface area contributed by atoms with Gasteiger partial charge in [0.1, 0.15) is 17.3 Å². The van der Waals surface area contributed by atoms with Crippen molar-refractivity contribution in [3.8, 4) is 0 Å². The lowest BCUT2D eigenvalue weighted by molar-refractivity contribution is -0.137. The topological polar surface area (TPSA) is 61.4 Å². The maximum atomic E-state index is 12.7. The summed E-state index contributed by atoms with van der Waals surface area (Å²) in [5.41, 5.74) is -0.0154. The molecule has 1 amide bonds. The summed E-state index contributed by atoms with van der Waals surface area (Å²) in [7, 11) is 2.00. The van der Waals surface area contributed by atoms with Crippen LogP contribution in [0.5, 0.6) is 0 Å². The highest BCUT2D eigenvalue weighted by Crippen LogP contribution is 2.30. The van der Waals surface area contributed by atoms with Crippen LogP contribution in [0.4, 0.5) is 24.7 Å². The summed E-state index contributed by atoms with van der Waals surface area (Å²) >= 11 is 0. The lowest BCUT2D eigenvalue weighted by Gasteiger charge is -2.32. The molecule has 2 aromatic rings. The average Bonchev–Trinajstić information content (AvgIpc) is 2.61. The minimum Gasteiger partial charge on any atom is -0.340 e. The molecule has 144 valence electrons. The first kappa shape index (κ1) is 19.1. The third-order valence-electron chi connectivity index (χ3n) is 4.33. The predicted molar refractivity (Wildman–Crippen MR) is 94.9 cm³/mol. The molecule has 0 spiro atoms. The molecule has 0 atom stereocenters. The number of hydrogen-bond acceptors (Lipinski definition) is 5. The Balaban J connectivity index is 1.76. The molecule has 1 N–H and O–H groups in total. The van der Waals surface area contributed by atoms with Crippen LogP contribution >= 0.6 is 0 Å². The van der Waals surface area contributed by atoms with Crippen LogP contribution in [-0.2, 0) is 6.18 Å². The van der Waals surface area contributed by atoms with Crippen LogP contribution in [0, 0.1) is 6.92 Å². The fourth-order valence-electron chi connectivity index (χ4n) is 2.80. The Kier molecular flexibility index (Phi) is 5.31. The van der Waals surface area contributed by atoms with Gasteiger partial charge in [-0.25, -0.2) is 9.97 Å². The van der Waals surface area contributed by atoms with Crippen molar-refractivity contribution in [2.24, 2.45) is 0 Å². The van der Waals surface area contributed by atoms with Gasteiger partial charge in [0.2, 0.25) is 0 Å². The fourth-order valence-corrected chi connectivity index (χ4v) is 2.80. The fraction of sp³-hybridized carbons (Fsp3) is 0.389. The number of nitrogens with one attached hydrogen (secondary N) is 1. The van der Waals surface area contributed by atoms with E-state index in [1.165, 1.54) is 18.2 Å². The first-order valence-corrected chi connectivity index (χ1v) is 8.50. The molecule has 9 heteroatoms. The lowest BCUT2D eigenvalue weighted by Crippen LogP contribution is -2.47. The van der Waals surface area contributed by atoms with Crippen molar-refractivity contribution in [3.05, 3.63) is 47.4 Å². The second-order valence-electron chi connectivity index (χ2n) is 6.48. The number of piperazine rings is 1. The Labute approximate surface area is 155 Å². The van der Waals surface area contributed by atoms with E-state index in [0.29, 0.717) is 30.4 Å². The Morgan fingerprint density at radius 1 is 1.07 bits per heavy atom. The number of amides is 1. The highest BCUT2D eigenvalue weighted by Gasteiger charge is 2.30. The van der Waals surface area contributed by atoms with Gasteiger partial charge in [0.15, 0.2) is 0 Å². The molecule has 0 unspecified atom stereocenters. The molecular weight excluding hydrogens is 359 g/mol. The highest BCUT2D eigenvalue weighted by molar-refractivity contribution is 5.93. The van der Waals surface area contributed by atoms with E-state index in [1.54, 1.807) is 11.8 Å². The van der Waals surface area contributed by atoms with E-state index in [9.17, 15) is 18.0 Å². The van der Waals surface area contributed by atoms with Gasteiger partial charge in [0, 0.05) is 37.9 Å². The molecule has 1 aliphatic rings. The van der Waals surface area contributed by atoms with Crippen molar-refractivity contribution in [1.29, 1.82) is 0 Å². The molecule has 1 fully saturated rings. The van der Waals surface area contributed by atoms with E-state index < -0.39 is 11.7 Å². The van der Waals surface area contributed by atoms with E-state index in [0.717, 1.165) is 25.2 Å². The van der Waals surface area contributed by atoms with Gasteiger partial charge in [-0.2, -0.15) is 13.2 Å². The summed E-state index contributed by atoms with van der Waals surface area (Å²) in [6, 6.07) is 6.15. The number of nitrogens with zero attached hydrogens (tertiary/aromatic N) is 4. The zero-order valence-electron chi connectivity index (χ0n) is 15.0.